The lowest BCUT2D eigenvalue weighted by molar-refractivity contribution is -0.165. The van der Waals surface area contributed by atoms with Gasteiger partial charge in [-0.05, 0) is 83.6 Å². The van der Waals surface area contributed by atoms with Crippen molar-refractivity contribution in [1.82, 2.24) is 10.6 Å². The summed E-state index contributed by atoms with van der Waals surface area (Å²) in [6, 6.07) is 6.93. The second kappa shape index (κ2) is 10.8. The number of ether oxygens (including phenoxy) is 1. The molecule has 0 aromatic heterocycles. The molecule has 6 nitrogen and oxygen atoms in total. The Labute approximate surface area is 201 Å². The van der Waals surface area contributed by atoms with Gasteiger partial charge in [-0.3, -0.25) is 9.59 Å². The Kier molecular flexibility index (Phi) is 9.51. The maximum absolute atomic E-state index is 13.5. The molecule has 0 aliphatic carbocycles. The van der Waals surface area contributed by atoms with Gasteiger partial charge >= 0.3 is 5.97 Å². The highest BCUT2D eigenvalue weighted by Gasteiger charge is 2.44. The summed E-state index contributed by atoms with van der Waals surface area (Å²) in [7, 11) is 0. The van der Waals surface area contributed by atoms with Crippen molar-refractivity contribution in [3.05, 3.63) is 34.3 Å². The van der Waals surface area contributed by atoms with E-state index in [9.17, 15) is 14.4 Å². The minimum Gasteiger partial charge on any atom is -0.458 e. The van der Waals surface area contributed by atoms with E-state index in [4.69, 9.17) is 4.74 Å². The van der Waals surface area contributed by atoms with Gasteiger partial charge in [0.25, 0.3) is 5.91 Å². The van der Waals surface area contributed by atoms with Crippen LogP contribution in [-0.2, 0) is 14.3 Å². The molecular formula is C25H39BrN2O4. The van der Waals surface area contributed by atoms with E-state index in [1.165, 1.54) is 0 Å². The Bertz CT molecular complexity index is 814. The molecule has 1 rings (SSSR count). The summed E-state index contributed by atoms with van der Waals surface area (Å²) in [5.74, 6) is -0.974. The summed E-state index contributed by atoms with van der Waals surface area (Å²) in [5.41, 5.74) is -2.66. The number of hydrogen-bond donors (Lipinski definition) is 2. The molecule has 7 heteroatoms. The van der Waals surface area contributed by atoms with Gasteiger partial charge in [-0.1, -0.05) is 43.6 Å². The van der Waals surface area contributed by atoms with Crippen LogP contribution in [0.15, 0.2) is 28.7 Å². The number of carbonyl (C=O) groups excluding carboxylic acids is 3. The molecule has 1 aromatic rings. The Morgan fingerprint density at radius 3 is 1.75 bits per heavy atom. The number of amides is 2. The van der Waals surface area contributed by atoms with E-state index in [1.54, 1.807) is 58.9 Å². The molecule has 32 heavy (non-hydrogen) atoms. The Hall–Kier alpha value is -1.89. The first-order valence-electron chi connectivity index (χ1n) is 11.1. The highest BCUT2D eigenvalue weighted by atomic mass is 79.9. The molecule has 0 unspecified atom stereocenters. The molecule has 0 saturated carbocycles. The SMILES string of the molecule is CC(C)C[C@](C)(NC(=O)c1ccc(Br)cc1)C(=O)N[C@@](C)(CC(C)C)C(=O)OC(C)(C)C. The molecule has 180 valence electrons. The molecule has 0 saturated heterocycles. The largest absolute Gasteiger partial charge is 0.458 e. The highest BCUT2D eigenvalue weighted by Crippen LogP contribution is 2.25. The maximum Gasteiger partial charge on any atom is 0.332 e. The molecule has 0 bridgehead atoms. The third kappa shape index (κ3) is 8.57. The Morgan fingerprint density at radius 1 is 0.844 bits per heavy atom. The van der Waals surface area contributed by atoms with E-state index in [0.717, 1.165) is 4.47 Å². The summed E-state index contributed by atoms with van der Waals surface area (Å²) in [4.78, 5) is 39.5. The fourth-order valence-corrected chi connectivity index (χ4v) is 3.99. The van der Waals surface area contributed by atoms with Gasteiger partial charge in [-0.15, -0.1) is 0 Å². The number of carbonyl (C=O) groups is 3. The van der Waals surface area contributed by atoms with Crippen LogP contribution in [-0.4, -0.2) is 34.5 Å². The predicted molar refractivity (Wildman–Crippen MR) is 131 cm³/mol. The van der Waals surface area contributed by atoms with Crippen LogP contribution in [0.3, 0.4) is 0 Å². The number of esters is 1. The van der Waals surface area contributed by atoms with Crippen LogP contribution < -0.4 is 10.6 Å². The summed E-state index contributed by atoms with van der Waals surface area (Å²) >= 11 is 3.36. The van der Waals surface area contributed by atoms with Crippen molar-refractivity contribution < 1.29 is 19.1 Å². The smallest absolute Gasteiger partial charge is 0.332 e. The normalized spacial score (nSPS) is 15.6. The lowest BCUT2D eigenvalue weighted by Gasteiger charge is -2.38. The van der Waals surface area contributed by atoms with E-state index in [-0.39, 0.29) is 17.7 Å². The number of hydrogen-bond acceptors (Lipinski definition) is 4. The van der Waals surface area contributed by atoms with Crippen LogP contribution >= 0.6 is 15.9 Å². The van der Waals surface area contributed by atoms with Crippen molar-refractivity contribution in [1.29, 1.82) is 0 Å². The molecule has 0 aliphatic heterocycles. The molecule has 2 amide bonds. The lowest BCUT2D eigenvalue weighted by atomic mass is 9.85. The Morgan fingerprint density at radius 2 is 1.31 bits per heavy atom. The van der Waals surface area contributed by atoms with Gasteiger partial charge in [-0.2, -0.15) is 0 Å². The van der Waals surface area contributed by atoms with Crippen molar-refractivity contribution in [2.45, 2.75) is 91.8 Å². The predicted octanol–water partition coefficient (Wildman–Crippen LogP) is 5.25. The van der Waals surface area contributed by atoms with Gasteiger partial charge in [0.15, 0.2) is 0 Å². The van der Waals surface area contributed by atoms with E-state index in [0.29, 0.717) is 18.4 Å². The van der Waals surface area contributed by atoms with Gasteiger partial charge < -0.3 is 15.4 Å². The molecule has 0 spiro atoms. The molecule has 0 fully saturated rings. The molecule has 0 radical (unpaired) electrons. The van der Waals surface area contributed by atoms with Crippen LogP contribution in [0.4, 0.5) is 0 Å². The fraction of sp³-hybridized carbons (Fsp3) is 0.640. The van der Waals surface area contributed by atoms with E-state index < -0.39 is 28.6 Å². The fourth-order valence-electron chi connectivity index (χ4n) is 3.72. The first-order valence-corrected chi connectivity index (χ1v) is 11.9. The van der Waals surface area contributed by atoms with Gasteiger partial charge in [0.2, 0.25) is 5.91 Å². The number of benzene rings is 1. The van der Waals surface area contributed by atoms with Crippen molar-refractivity contribution >= 4 is 33.7 Å². The van der Waals surface area contributed by atoms with Crippen molar-refractivity contribution in [2.24, 2.45) is 11.8 Å². The van der Waals surface area contributed by atoms with E-state index in [2.05, 4.69) is 26.6 Å². The number of halogens is 1. The topological polar surface area (TPSA) is 84.5 Å². The summed E-state index contributed by atoms with van der Waals surface area (Å²) in [6.45, 7) is 16.7. The molecule has 2 atom stereocenters. The van der Waals surface area contributed by atoms with Gasteiger partial charge in [0.1, 0.15) is 16.7 Å². The average Bonchev–Trinajstić information content (AvgIpc) is 2.59. The van der Waals surface area contributed by atoms with E-state index in [1.807, 2.05) is 27.7 Å². The monoisotopic (exact) mass is 510 g/mol. The quantitative estimate of drug-likeness (QED) is 0.444. The summed E-state index contributed by atoms with van der Waals surface area (Å²) in [6.07, 6.45) is 0.819. The van der Waals surface area contributed by atoms with Crippen LogP contribution in [0.1, 0.15) is 85.5 Å². The van der Waals surface area contributed by atoms with Crippen molar-refractivity contribution in [3.8, 4) is 0 Å². The van der Waals surface area contributed by atoms with E-state index >= 15 is 0 Å². The standard InChI is InChI=1S/C25H39BrN2O4/c1-16(2)14-24(8,27-20(29)18-10-12-19(26)13-11-18)21(30)28-25(9,15-17(3)4)22(31)32-23(5,6)7/h10-13,16-17H,14-15H2,1-9H3,(H,27,29)(H,28,30)/t24-,25-/m0/s1. The molecular weight excluding hydrogens is 472 g/mol. The highest BCUT2D eigenvalue weighted by molar-refractivity contribution is 9.10. The second-order valence-corrected chi connectivity index (χ2v) is 11.7. The summed E-state index contributed by atoms with van der Waals surface area (Å²) < 4.78 is 6.47. The first-order chi connectivity index (χ1) is 14.5. The van der Waals surface area contributed by atoms with Gasteiger partial charge in [0, 0.05) is 10.0 Å². The zero-order chi connectivity index (χ0) is 24.9. The maximum atomic E-state index is 13.5. The number of rotatable bonds is 9. The number of nitrogens with one attached hydrogen (secondary N) is 2. The van der Waals surface area contributed by atoms with Crippen molar-refractivity contribution in [2.75, 3.05) is 0 Å². The van der Waals surface area contributed by atoms with Crippen LogP contribution in [0.5, 0.6) is 0 Å². The summed E-state index contributed by atoms with van der Waals surface area (Å²) in [5, 5.41) is 5.83. The molecule has 0 heterocycles. The third-order valence-corrected chi connectivity index (χ3v) is 5.40. The molecule has 2 N–H and O–H groups in total. The van der Waals surface area contributed by atoms with Crippen molar-refractivity contribution in [3.63, 3.8) is 0 Å². The van der Waals surface area contributed by atoms with Crippen LogP contribution in [0.25, 0.3) is 0 Å². The van der Waals surface area contributed by atoms with Gasteiger partial charge in [-0.25, -0.2) is 4.79 Å². The minimum absolute atomic E-state index is 0.133. The third-order valence-electron chi connectivity index (χ3n) is 4.87. The zero-order valence-electron chi connectivity index (χ0n) is 20.9. The second-order valence-electron chi connectivity index (χ2n) is 10.8. The molecule has 1 aromatic carbocycles. The molecule has 0 aliphatic rings. The Balaban J connectivity index is 3.22. The lowest BCUT2D eigenvalue weighted by Crippen LogP contribution is -2.64. The average molecular weight is 512 g/mol. The van der Waals surface area contributed by atoms with Gasteiger partial charge in [0.05, 0.1) is 0 Å². The van der Waals surface area contributed by atoms with Crippen LogP contribution in [0.2, 0.25) is 0 Å². The van der Waals surface area contributed by atoms with Crippen LogP contribution in [0, 0.1) is 11.8 Å². The minimum atomic E-state index is -1.22. The first kappa shape index (κ1) is 28.1. The zero-order valence-corrected chi connectivity index (χ0v) is 22.5.